The molecule has 30 heavy (non-hydrogen) atoms. The van der Waals surface area contributed by atoms with E-state index in [1.807, 2.05) is 0 Å². The normalized spacial score (nSPS) is 15.0. The van der Waals surface area contributed by atoms with Crippen molar-refractivity contribution in [2.75, 3.05) is 5.32 Å². The van der Waals surface area contributed by atoms with E-state index in [9.17, 15) is 22.8 Å². The van der Waals surface area contributed by atoms with Crippen LogP contribution in [0, 0.1) is 17.5 Å². The molecule has 9 heteroatoms. The van der Waals surface area contributed by atoms with Crippen molar-refractivity contribution >= 4 is 28.3 Å². The maximum atomic E-state index is 13.7. The summed E-state index contributed by atoms with van der Waals surface area (Å²) in [5.41, 5.74) is 0.642. The Morgan fingerprint density at radius 3 is 2.47 bits per heavy atom. The van der Waals surface area contributed by atoms with Crippen LogP contribution in [0.1, 0.15) is 38.8 Å². The quantitative estimate of drug-likeness (QED) is 0.637. The van der Waals surface area contributed by atoms with E-state index < -0.39 is 29.3 Å². The highest BCUT2D eigenvalue weighted by atomic mass is 32.1. The molecule has 2 amide bonds. The first-order valence-electron chi connectivity index (χ1n) is 9.19. The fraction of sp³-hybridized carbons (Fsp3) is 0.190. The van der Waals surface area contributed by atoms with Crippen LogP contribution < -0.4 is 10.6 Å². The molecule has 0 fully saturated rings. The Kier molecular flexibility index (Phi) is 5.54. The third-order valence-corrected chi connectivity index (χ3v) is 5.91. The molecule has 1 heterocycles. The van der Waals surface area contributed by atoms with Gasteiger partial charge in [-0.05, 0) is 49.2 Å². The van der Waals surface area contributed by atoms with Crippen molar-refractivity contribution in [2.45, 2.75) is 25.3 Å². The van der Waals surface area contributed by atoms with Gasteiger partial charge in [-0.3, -0.25) is 14.9 Å². The van der Waals surface area contributed by atoms with E-state index in [0.29, 0.717) is 23.7 Å². The lowest BCUT2D eigenvalue weighted by molar-refractivity contribution is -0.122. The van der Waals surface area contributed by atoms with E-state index in [0.717, 1.165) is 17.0 Å². The number of carbonyl (C=O) groups excluding carboxylic acids is 2. The first-order valence-corrected chi connectivity index (χ1v) is 10.0. The number of nitrogens with zero attached hydrogens (tertiary/aromatic N) is 1. The van der Waals surface area contributed by atoms with Gasteiger partial charge in [0.15, 0.2) is 5.13 Å². The molecule has 1 aromatic heterocycles. The topological polar surface area (TPSA) is 71.1 Å². The average molecular weight is 431 g/mol. The van der Waals surface area contributed by atoms with Crippen molar-refractivity contribution in [2.24, 2.45) is 0 Å². The van der Waals surface area contributed by atoms with Gasteiger partial charge in [0.2, 0.25) is 5.91 Å². The zero-order valence-electron chi connectivity index (χ0n) is 15.5. The van der Waals surface area contributed by atoms with E-state index in [1.165, 1.54) is 41.7 Å². The molecule has 3 aromatic rings. The van der Waals surface area contributed by atoms with Crippen LogP contribution in [-0.4, -0.2) is 16.8 Å². The number of aryl methyl sites for hydroxylation is 1. The Morgan fingerprint density at radius 2 is 1.77 bits per heavy atom. The van der Waals surface area contributed by atoms with E-state index in [-0.39, 0.29) is 23.6 Å². The van der Waals surface area contributed by atoms with Crippen molar-refractivity contribution in [3.05, 3.63) is 81.6 Å². The summed E-state index contributed by atoms with van der Waals surface area (Å²) < 4.78 is 40.5. The zero-order chi connectivity index (χ0) is 21.3. The number of anilines is 1. The molecule has 1 aliphatic rings. The van der Waals surface area contributed by atoms with Gasteiger partial charge in [-0.2, -0.15) is 0 Å². The summed E-state index contributed by atoms with van der Waals surface area (Å²) in [4.78, 5) is 30.1. The Bertz CT molecular complexity index is 1090. The standard InChI is InChI=1S/C21H16F3N3O2S/c22-12-6-4-11(5-7-12)19(28)27-21-26-18-13(8-9-17(18)30-21)20(29)25-10-14-15(23)2-1-3-16(14)24/h1-7,13H,8-10H2,(H,25,29)(H,26,27,28). The fourth-order valence-corrected chi connectivity index (χ4v) is 4.34. The number of nitrogens with one attached hydrogen (secondary N) is 2. The monoisotopic (exact) mass is 431 g/mol. The fourth-order valence-electron chi connectivity index (χ4n) is 3.31. The molecule has 2 aromatic carbocycles. The Balaban J connectivity index is 1.43. The molecular formula is C21H16F3N3O2S. The van der Waals surface area contributed by atoms with Gasteiger partial charge in [0, 0.05) is 22.5 Å². The molecule has 0 spiro atoms. The maximum absolute atomic E-state index is 13.7. The van der Waals surface area contributed by atoms with Gasteiger partial charge in [-0.1, -0.05) is 6.07 Å². The van der Waals surface area contributed by atoms with Crippen LogP contribution >= 0.6 is 11.3 Å². The smallest absolute Gasteiger partial charge is 0.257 e. The van der Waals surface area contributed by atoms with Crippen LogP contribution in [0.15, 0.2) is 42.5 Å². The second-order valence-corrected chi connectivity index (χ2v) is 7.88. The molecule has 0 radical (unpaired) electrons. The van der Waals surface area contributed by atoms with Gasteiger partial charge < -0.3 is 5.32 Å². The maximum Gasteiger partial charge on any atom is 0.257 e. The van der Waals surface area contributed by atoms with Crippen molar-refractivity contribution in [3.8, 4) is 0 Å². The summed E-state index contributed by atoms with van der Waals surface area (Å²) in [7, 11) is 0. The largest absolute Gasteiger partial charge is 0.351 e. The van der Waals surface area contributed by atoms with Gasteiger partial charge in [-0.15, -0.1) is 11.3 Å². The second kappa shape index (κ2) is 8.27. The van der Waals surface area contributed by atoms with Gasteiger partial charge in [0.05, 0.1) is 11.6 Å². The third kappa shape index (κ3) is 4.06. The van der Waals surface area contributed by atoms with Crippen molar-refractivity contribution in [1.82, 2.24) is 10.3 Å². The van der Waals surface area contributed by atoms with E-state index in [1.54, 1.807) is 0 Å². The van der Waals surface area contributed by atoms with Crippen LogP contribution in [0.5, 0.6) is 0 Å². The minimum absolute atomic E-state index is 0.199. The molecule has 0 saturated heterocycles. The zero-order valence-corrected chi connectivity index (χ0v) is 16.4. The van der Waals surface area contributed by atoms with E-state index >= 15 is 0 Å². The molecule has 0 saturated carbocycles. The first-order chi connectivity index (χ1) is 14.4. The predicted molar refractivity (Wildman–Crippen MR) is 106 cm³/mol. The highest BCUT2D eigenvalue weighted by molar-refractivity contribution is 7.16. The number of fused-ring (bicyclic) bond motifs is 1. The minimum Gasteiger partial charge on any atom is -0.351 e. The summed E-state index contributed by atoms with van der Waals surface area (Å²) in [6.45, 7) is -0.262. The minimum atomic E-state index is -0.720. The number of thiazole rings is 1. The van der Waals surface area contributed by atoms with Crippen LogP contribution in [0.4, 0.5) is 18.3 Å². The Labute approximate surface area is 174 Å². The van der Waals surface area contributed by atoms with Crippen LogP contribution in [-0.2, 0) is 17.8 Å². The molecule has 0 aliphatic heterocycles. The lowest BCUT2D eigenvalue weighted by atomic mass is 10.1. The summed E-state index contributed by atoms with van der Waals surface area (Å²) >= 11 is 1.27. The van der Waals surface area contributed by atoms with Crippen molar-refractivity contribution in [3.63, 3.8) is 0 Å². The number of rotatable bonds is 5. The lowest BCUT2D eigenvalue weighted by Gasteiger charge is -2.11. The van der Waals surface area contributed by atoms with Crippen molar-refractivity contribution < 1.29 is 22.8 Å². The number of carbonyl (C=O) groups is 2. The summed E-state index contributed by atoms with van der Waals surface area (Å²) in [5, 5.41) is 5.56. The molecule has 0 bridgehead atoms. The van der Waals surface area contributed by atoms with Crippen LogP contribution in [0.2, 0.25) is 0 Å². The van der Waals surface area contributed by atoms with E-state index in [2.05, 4.69) is 15.6 Å². The Morgan fingerprint density at radius 1 is 1.07 bits per heavy atom. The first kappa shape index (κ1) is 20.1. The van der Waals surface area contributed by atoms with Gasteiger partial charge in [0.1, 0.15) is 17.5 Å². The SMILES string of the molecule is O=C(Nc1nc2c(s1)CCC2C(=O)NCc1c(F)cccc1F)c1ccc(F)cc1. The summed E-state index contributed by atoms with van der Waals surface area (Å²) in [6.07, 6.45) is 1.15. The highest BCUT2D eigenvalue weighted by Crippen LogP contribution is 2.38. The van der Waals surface area contributed by atoms with Gasteiger partial charge in [0.25, 0.3) is 5.91 Å². The number of aromatic nitrogens is 1. The number of amides is 2. The average Bonchev–Trinajstić information content (AvgIpc) is 3.28. The van der Waals surface area contributed by atoms with E-state index in [4.69, 9.17) is 0 Å². The summed E-state index contributed by atoms with van der Waals surface area (Å²) in [6, 6.07) is 8.64. The number of hydrogen-bond donors (Lipinski definition) is 2. The van der Waals surface area contributed by atoms with Gasteiger partial charge >= 0.3 is 0 Å². The molecule has 154 valence electrons. The second-order valence-electron chi connectivity index (χ2n) is 6.80. The molecule has 4 rings (SSSR count). The molecule has 1 unspecified atom stereocenters. The molecule has 1 atom stereocenters. The summed E-state index contributed by atoms with van der Waals surface area (Å²) in [5.74, 6) is -3.24. The highest BCUT2D eigenvalue weighted by Gasteiger charge is 2.33. The third-order valence-electron chi connectivity index (χ3n) is 4.86. The van der Waals surface area contributed by atoms with Crippen molar-refractivity contribution in [1.29, 1.82) is 0 Å². The number of halogens is 3. The molecular weight excluding hydrogens is 415 g/mol. The van der Waals surface area contributed by atoms with Gasteiger partial charge in [-0.25, -0.2) is 18.2 Å². The number of hydrogen-bond acceptors (Lipinski definition) is 4. The lowest BCUT2D eigenvalue weighted by Crippen LogP contribution is -2.29. The number of benzene rings is 2. The van der Waals surface area contributed by atoms with Crippen LogP contribution in [0.3, 0.4) is 0 Å². The molecule has 2 N–H and O–H groups in total. The predicted octanol–water partition coefficient (Wildman–Crippen LogP) is 4.16. The Hall–Kier alpha value is -3.20. The van der Waals surface area contributed by atoms with Crippen LogP contribution in [0.25, 0.3) is 0 Å². The molecule has 1 aliphatic carbocycles. The molecule has 5 nitrogen and oxygen atoms in total.